The number of amides is 2. The lowest BCUT2D eigenvalue weighted by Gasteiger charge is -2.34. The van der Waals surface area contributed by atoms with Crippen LogP contribution < -0.4 is 10.6 Å². The second kappa shape index (κ2) is 6.03. The highest BCUT2D eigenvalue weighted by atomic mass is 16.2. The zero-order valence-corrected chi connectivity index (χ0v) is 12.8. The Labute approximate surface area is 125 Å². The van der Waals surface area contributed by atoms with E-state index in [9.17, 15) is 9.59 Å². The average Bonchev–Trinajstić information content (AvgIpc) is 2.46. The molecule has 0 radical (unpaired) electrons. The quantitative estimate of drug-likeness (QED) is 0.812. The predicted octanol–water partition coefficient (Wildman–Crippen LogP) is 0.639. The number of hydrogen-bond donors (Lipinski definition) is 1. The fourth-order valence-corrected chi connectivity index (χ4v) is 2.51. The average molecular weight is 290 g/mol. The van der Waals surface area contributed by atoms with Crippen LogP contribution in [-0.2, 0) is 4.79 Å². The first kappa shape index (κ1) is 15.2. The summed E-state index contributed by atoms with van der Waals surface area (Å²) in [5.74, 6) is 0.0224. The molecule has 1 heterocycles. The molecule has 114 valence electrons. The Balaban J connectivity index is 2.18. The largest absolute Gasteiger partial charge is 0.399 e. The first-order valence-electron chi connectivity index (χ1n) is 7.02. The van der Waals surface area contributed by atoms with Crippen molar-refractivity contribution in [2.45, 2.75) is 6.92 Å². The molecule has 1 aliphatic heterocycles. The van der Waals surface area contributed by atoms with E-state index in [0.29, 0.717) is 37.4 Å². The van der Waals surface area contributed by atoms with Crippen LogP contribution in [0.15, 0.2) is 18.2 Å². The number of nitrogen functional groups attached to an aromatic ring is 1. The number of benzene rings is 1. The molecule has 1 saturated heterocycles. The summed E-state index contributed by atoms with van der Waals surface area (Å²) in [6.45, 7) is 3.83. The molecule has 1 aromatic rings. The van der Waals surface area contributed by atoms with Crippen molar-refractivity contribution in [2.75, 3.05) is 50.9 Å². The summed E-state index contributed by atoms with van der Waals surface area (Å²) in [6.07, 6.45) is 0. The molecule has 1 aromatic carbocycles. The highest BCUT2D eigenvalue weighted by Crippen LogP contribution is 2.23. The third-order valence-electron chi connectivity index (χ3n) is 3.75. The van der Waals surface area contributed by atoms with E-state index < -0.39 is 0 Å². The fourth-order valence-electron chi connectivity index (χ4n) is 2.51. The molecule has 2 amide bonds. The maximum absolute atomic E-state index is 12.7. The molecular formula is C15H22N4O2. The van der Waals surface area contributed by atoms with Gasteiger partial charge in [0, 0.05) is 58.6 Å². The van der Waals surface area contributed by atoms with Gasteiger partial charge in [-0.05, 0) is 18.2 Å². The van der Waals surface area contributed by atoms with E-state index in [1.807, 2.05) is 25.1 Å². The first-order chi connectivity index (χ1) is 9.90. The molecule has 0 aromatic heterocycles. The minimum atomic E-state index is -0.0331. The summed E-state index contributed by atoms with van der Waals surface area (Å²) in [6, 6.07) is 5.36. The van der Waals surface area contributed by atoms with Gasteiger partial charge in [0.1, 0.15) is 0 Å². The molecule has 0 atom stereocenters. The van der Waals surface area contributed by atoms with Crippen LogP contribution in [0.3, 0.4) is 0 Å². The highest BCUT2D eigenvalue weighted by molar-refractivity contribution is 6.00. The van der Waals surface area contributed by atoms with Gasteiger partial charge in [-0.2, -0.15) is 0 Å². The van der Waals surface area contributed by atoms with Crippen molar-refractivity contribution in [3.05, 3.63) is 23.8 Å². The van der Waals surface area contributed by atoms with Gasteiger partial charge >= 0.3 is 0 Å². The standard InChI is InChI=1S/C15H22N4O2/c1-11(20)18-6-8-19(9-7-18)15(21)13-10-12(16)4-5-14(13)17(2)3/h4-5,10H,6-9,16H2,1-3H3. The second-order valence-corrected chi connectivity index (χ2v) is 5.47. The van der Waals surface area contributed by atoms with Crippen molar-refractivity contribution < 1.29 is 9.59 Å². The number of nitrogens with zero attached hydrogens (tertiary/aromatic N) is 3. The van der Waals surface area contributed by atoms with Crippen LogP contribution in [0.25, 0.3) is 0 Å². The van der Waals surface area contributed by atoms with Gasteiger partial charge in [-0.25, -0.2) is 0 Å². The Hall–Kier alpha value is -2.24. The topological polar surface area (TPSA) is 69.9 Å². The molecule has 0 bridgehead atoms. The Morgan fingerprint density at radius 3 is 2.19 bits per heavy atom. The SMILES string of the molecule is CC(=O)N1CCN(C(=O)c2cc(N)ccc2N(C)C)CC1. The van der Waals surface area contributed by atoms with Crippen molar-refractivity contribution in [2.24, 2.45) is 0 Å². The highest BCUT2D eigenvalue weighted by Gasteiger charge is 2.25. The van der Waals surface area contributed by atoms with Crippen LogP contribution in [0.5, 0.6) is 0 Å². The van der Waals surface area contributed by atoms with E-state index in [2.05, 4.69) is 0 Å². The third kappa shape index (κ3) is 3.26. The zero-order chi connectivity index (χ0) is 15.6. The molecule has 21 heavy (non-hydrogen) atoms. The molecular weight excluding hydrogens is 268 g/mol. The number of hydrogen-bond acceptors (Lipinski definition) is 4. The smallest absolute Gasteiger partial charge is 0.256 e. The number of rotatable bonds is 2. The van der Waals surface area contributed by atoms with Gasteiger partial charge in [-0.15, -0.1) is 0 Å². The molecule has 6 nitrogen and oxygen atoms in total. The van der Waals surface area contributed by atoms with Crippen molar-refractivity contribution in [1.29, 1.82) is 0 Å². The summed E-state index contributed by atoms with van der Waals surface area (Å²) in [5.41, 5.74) is 7.85. The normalized spacial score (nSPS) is 15.0. The molecule has 0 unspecified atom stereocenters. The molecule has 0 aliphatic carbocycles. The molecule has 1 aliphatic rings. The summed E-state index contributed by atoms with van der Waals surface area (Å²) in [4.78, 5) is 29.5. The molecule has 6 heteroatoms. The van der Waals surface area contributed by atoms with Crippen molar-refractivity contribution in [3.8, 4) is 0 Å². The molecule has 2 N–H and O–H groups in total. The number of nitrogens with two attached hydrogens (primary N) is 1. The number of carbonyl (C=O) groups excluding carboxylic acids is 2. The van der Waals surface area contributed by atoms with Gasteiger partial charge in [-0.3, -0.25) is 9.59 Å². The van der Waals surface area contributed by atoms with Gasteiger partial charge in [-0.1, -0.05) is 0 Å². The second-order valence-electron chi connectivity index (χ2n) is 5.47. The Morgan fingerprint density at radius 2 is 1.67 bits per heavy atom. The maximum Gasteiger partial charge on any atom is 0.256 e. The lowest BCUT2D eigenvalue weighted by Crippen LogP contribution is -2.50. The summed E-state index contributed by atoms with van der Waals surface area (Å²) in [7, 11) is 3.80. The fraction of sp³-hybridized carbons (Fsp3) is 0.467. The van der Waals surface area contributed by atoms with Crippen LogP contribution >= 0.6 is 0 Å². The first-order valence-corrected chi connectivity index (χ1v) is 7.02. The minimum Gasteiger partial charge on any atom is -0.399 e. The van der Waals surface area contributed by atoms with Gasteiger partial charge in [0.05, 0.1) is 5.56 Å². The summed E-state index contributed by atoms with van der Waals surface area (Å²) < 4.78 is 0. The van der Waals surface area contributed by atoms with Gasteiger partial charge in [0.25, 0.3) is 5.91 Å². The minimum absolute atomic E-state index is 0.0331. The molecule has 0 spiro atoms. The van der Waals surface area contributed by atoms with E-state index >= 15 is 0 Å². The Kier molecular flexibility index (Phi) is 4.35. The van der Waals surface area contributed by atoms with Crippen LogP contribution in [0.4, 0.5) is 11.4 Å². The lowest BCUT2D eigenvalue weighted by atomic mass is 10.1. The number of piperazine rings is 1. The van der Waals surface area contributed by atoms with Crippen LogP contribution in [0.1, 0.15) is 17.3 Å². The summed E-state index contributed by atoms with van der Waals surface area (Å²) >= 11 is 0. The van der Waals surface area contributed by atoms with Crippen LogP contribution in [0, 0.1) is 0 Å². The van der Waals surface area contributed by atoms with Gasteiger partial charge in [0.2, 0.25) is 5.91 Å². The van der Waals surface area contributed by atoms with E-state index in [-0.39, 0.29) is 11.8 Å². The van der Waals surface area contributed by atoms with E-state index in [1.54, 1.807) is 28.9 Å². The van der Waals surface area contributed by atoms with E-state index in [1.165, 1.54) is 0 Å². The monoisotopic (exact) mass is 290 g/mol. The Bertz CT molecular complexity index is 549. The van der Waals surface area contributed by atoms with Crippen LogP contribution in [-0.4, -0.2) is 61.9 Å². The van der Waals surface area contributed by atoms with E-state index in [4.69, 9.17) is 5.73 Å². The molecule has 1 fully saturated rings. The zero-order valence-electron chi connectivity index (χ0n) is 12.8. The molecule has 2 rings (SSSR count). The lowest BCUT2D eigenvalue weighted by molar-refractivity contribution is -0.130. The predicted molar refractivity (Wildman–Crippen MR) is 83.3 cm³/mol. The Morgan fingerprint density at radius 1 is 1.10 bits per heavy atom. The van der Waals surface area contributed by atoms with E-state index in [0.717, 1.165) is 5.69 Å². The maximum atomic E-state index is 12.7. The van der Waals surface area contributed by atoms with Crippen LogP contribution in [0.2, 0.25) is 0 Å². The number of anilines is 2. The summed E-state index contributed by atoms with van der Waals surface area (Å²) in [5, 5.41) is 0. The molecule has 0 saturated carbocycles. The van der Waals surface area contributed by atoms with Crippen molar-refractivity contribution in [1.82, 2.24) is 9.80 Å². The van der Waals surface area contributed by atoms with Gasteiger partial charge in [0.15, 0.2) is 0 Å². The third-order valence-corrected chi connectivity index (χ3v) is 3.75. The van der Waals surface area contributed by atoms with Crippen molar-refractivity contribution >= 4 is 23.2 Å². The van der Waals surface area contributed by atoms with Crippen molar-refractivity contribution in [3.63, 3.8) is 0 Å². The number of carbonyl (C=O) groups is 2. The van der Waals surface area contributed by atoms with Gasteiger partial charge < -0.3 is 20.4 Å².